The predicted octanol–water partition coefficient (Wildman–Crippen LogP) is 15.5. The number of fused-ring (bicyclic) bond motifs is 9. The molecular weight excluding hydrogens is 831 g/mol. The molecular formula is C68H41N. The molecule has 0 radical (unpaired) electrons. The van der Waals surface area contributed by atoms with Crippen molar-refractivity contribution in [3.05, 3.63) is 244 Å². The van der Waals surface area contributed by atoms with Crippen molar-refractivity contribution < 1.29 is 0 Å². The topological polar surface area (TPSA) is 12.9 Å². The molecule has 1 heteroatoms. The van der Waals surface area contributed by atoms with E-state index in [1.165, 1.54) is 50.1 Å². The predicted molar refractivity (Wildman–Crippen MR) is 287 cm³/mol. The zero-order chi connectivity index (χ0) is 46.6. The molecule has 3 aliphatic carbocycles. The number of nitrogens with zero attached hydrogens (tertiary/aromatic N) is 1. The van der Waals surface area contributed by atoms with E-state index in [2.05, 4.69) is 200 Å². The third kappa shape index (κ3) is 6.77. The Labute approximate surface area is 404 Å². The number of terminal acetylenes is 4. The van der Waals surface area contributed by atoms with Gasteiger partial charge in [-0.15, -0.1) is 37.5 Å². The second-order valence-corrected chi connectivity index (χ2v) is 18.0. The van der Waals surface area contributed by atoms with E-state index in [9.17, 15) is 0 Å². The van der Waals surface area contributed by atoms with Gasteiger partial charge in [-0.25, -0.2) is 4.98 Å². The molecule has 0 amide bonds. The third-order valence-corrected chi connectivity index (χ3v) is 14.2. The molecule has 1 nitrogen and oxygen atoms in total. The van der Waals surface area contributed by atoms with Gasteiger partial charge in [-0.1, -0.05) is 145 Å². The Kier molecular flexibility index (Phi) is 9.83. The normalized spacial score (nSPS) is 14.0. The van der Waals surface area contributed by atoms with Crippen LogP contribution in [-0.4, -0.2) is 4.98 Å². The van der Waals surface area contributed by atoms with Crippen LogP contribution >= 0.6 is 0 Å². The molecule has 0 saturated carbocycles. The highest BCUT2D eigenvalue weighted by Gasteiger charge is 2.42. The molecule has 8 aromatic carbocycles. The molecule has 0 atom stereocenters. The summed E-state index contributed by atoms with van der Waals surface area (Å²) < 4.78 is 0. The molecule has 1 heterocycles. The highest BCUT2D eigenvalue weighted by atomic mass is 14.7. The number of rotatable bonds is 7. The average Bonchev–Trinajstić information content (AvgIpc) is 3.99. The molecule has 1 aromatic heterocycles. The van der Waals surface area contributed by atoms with Crippen molar-refractivity contribution in [3.63, 3.8) is 0 Å². The van der Waals surface area contributed by atoms with Gasteiger partial charge in [0.05, 0.1) is 11.4 Å². The summed E-state index contributed by atoms with van der Waals surface area (Å²) in [5.74, 6) is 11.6. The highest BCUT2D eigenvalue weighted by Crippen LogP contribution is 2.54. The Balaban J connectivity index is 1.06. The molecule has 0 spiro atoms. The second-order valence-electron chi connectivity index (χ2n) is 18.0. The fourth-order valence-electron chi connectivity index (χ4n) is 11.0. The first-order valence-electron chi connectivity index (χ1n) is 23.2. The van der Waals surface area contributed by atoms with Gasteiger partial charge in [0.25, 0.3) is 0 Å². The van der Waals surface area contributed by atoms with E-state index in [-0.39, 0.29) is 0 Å². The first-order chi connectivity index (χ1) is 34.0. The van der Waals surface area contributed by atoms with E-state index in [1.54, 1.807) is 0 Å². The van der Waals surface area contributed by atoms with Gasteiger partial charge >= 0.3 is 0 Å². The van der Waals surface area contributed by atoms with Crippen LogP contribution in [0.4, 0.5) is 0 Å². The van der Waals surface area contributed by atoms with Crippen molar-refractivity contribution in [2.24, 2.45) is 0 Å². The average molecular weight is 872 g/mol. The Bertz CT molecular complexity index is 3690. The second kappa shape index (κ2) is 16.5. The van der Waals surface area contributed by atoms with Crippen LogP contribution in [0, 0.1) is 49.4 Å². The summed E-state index contributed by atoms with van der Waals surface area (Å²) in [6.45, 7) is 0. The van der Waals surface area contributed by atoms with Gasteiger partial charge in [0, 0.05) is 40.5 Å². The van der Waals surface area contributed by atoms with Crippen LogP contribution < -0.4 is 0 Å². The van der Waals surface area contributed by atoms with Crippen LogP contribution in [0.25, 0.3) is 90.3 Å². The third-order valence-electron chi connectivity index (χ3n) is 14.2. The van der Waals surface area contributed by atoms with E-state index in [0.717, 1.165) is 83.7 Å². The standard InChI is InChI=1S/C68H41N/c1-5-33-68(34-6-2)64-26-14-13-25-58(64)59-32-27-48(41-65(59)68)51-42-66(49-28-30-56-52-21-9-11-23-54(52)60(62(56)39-49)37-46-19-15-17-44(7-3)35-46)69-67(43-51)50-29-31-57-53-22-10-12-24-55(53)61(63(57)40-50)38-47-20-16-18-45(8-4)36-47/h1-4,9-32,35-43H,33-34H2/b60-37+,61-38+. The monoisotopic (exact) mass is 871 g/mol. The number of aromatic nitrogens is 1. The molecule has 318 valence electrons. The maximum absolute atomic E-state index is 6.17. The minimum atomic E-state index is -0.501. The van der Waals surface area contributed by atoms with Crippen molar-refractivity contribution in [2.75, 3.05) is 0 Å². The summed E-state index contributed by atoms with van der Waals surface area (Å²) in [5.41, 5.74) is 25.6. The van der Waals surface area contributed by atoms with Crippen molar-refractivity contribution in [1.82, 2.24) is 4.98 Å². The van der Waals surface area contributed by atoms with Crippen LogP contribution in [0.2, 0.25) is 0 Å². The van der Waals surface area contributed by atoms with Crippen molar-refractivity contribution >= 4 is 23.3 Å². The lowest BCUT2D eigenvalue weighted by molar-refractivity contribution is 0.560. The Morgan fingerprint density at radius 3 is 1.33 bits per heavy atom. The summed E-state index contributed by atoms with van der Waals surface area (Å²) in [4.78, 5) is 5.57. The van der Waals surface area contributed by atoms with Crippen LogP contribution in [0.5, 0.6) is 0 Å². The van der Waals surface area contributed by atoms with Gasteiger partial charge < -0.3 is 0 Å². The lowest BCUT2D eigenvalue weighted by atomic mass is 9.73. The van der Waals surface area contributed by atoms with Crippen molar-refractivity contribution in [2.45, 2.75) is 18.3 Å². The molecule has 12 rings (SSSR count). The maximum atomic E-state index is 6.17. The molecule has 9 aromatic rings. The molecule has 0 unspecified atom stereocenters. The first kappa shape index (κ1) is 41.1. The summed E-state index contributed by atoms with van der Waals surface area (Å²) in [6.07, 6.45) is 29.5. The lowest BCUT2D eigenvalue weighted by Crippen LogP contribution is -2.24. The summed E-state index contributed by atoms with van der Waals surface area (Å²) in [7, 11) is 0. The summed E-state index contributed by atoms with van der Waals surface area (Å²) >= 11 is 0. The SMILES string of the molecule is C#CCC1(CC#C)c2ccccc2-c2ccc(-c3cc(-c4ccc5c(c4)/C(=C/c4cccc(C#C)c4)c4ccccc4-5)nc(-c4ccc5c(c4)/C(=C/c4cccc(C#C)c4)c4ccccc4-5)c3)cc21. The highest BCUT2D eigenvalue weighted by molar-refractivity contribution is 6.09. The van der Waals surface area contributed by atoms with Crippen LogP contribution in [-0.2, 0) is 5.41 Å². The minimum absolute atomic E-state index is 0.498. The molecule has 0 fully saturated rings. The van der Waals surface area contributed by atoms with E-state index in [1.807, 2.05) is 24.3 Å². The maximum Gasteiger partial charge on any atom is 0.0715 e. The number of hydrogen-bond acceptors (Lipinski definition) is 1. The molecule has 0 saturated heterocycles. The van der Waals surface area contributed by atoms with Crippen molar-refractivity contribution in [1.29, 1.82) is 0 Å². The number of pyridine rings is 1. The zero-order valence-corrected chi connectivity index (χ0v) is 37.7. The number of hydrogen-bond donors (Lipinski definition) is 0. The van der Waals surface area contributed by atoms with E-state index < -0.39 is 5.41 Å². The van der Waals surface area contributed by atoms with Gasteiger partial charge in [0.2, 0.25) is 0 Å². The van der Waals surface area contributed by atoms with E-state index in [0.29, 0.717) is 12.8 Å². The lowest BCUT2D eigenvalue weighted by Gasteiger charge is -2.28. The van der Waals surface area contributed by atoms with Gasteiger partial charge in [-0.05, 0) is 167 Å². The van der Waals surface area contributed by atoms with Gasteiger partial charge in [-0.2, -0.15) is 0 Å². The van der Waals surface area contributed by atoms with Crippen LogP contribution in [0.15, 0.2) is 188 Å². The number of benzene rings is 8. The summed E-state index contributed by atoms with van der Waals surface area (Å²) in [6, 6.07) is 66.9. The quantitative estimate of drug-likeness (QED) is 0.145. The fourth-order valence-corrected chi connectivity index (χ4v) is 11.0. The van der Waals surface area contributed by atoms with E-state index in [4.69, 9.17) is 30.7 Å². The molecule has 0 bridgehead atoms. The van der Waals surface area contributed by atoms with Crippen LogP contribution in [0.3, 0.4) is 0 Å². The van der Waals surface area contributed by atoms with E-state index >= 15 is 0 Å². The molecule has 69 heavy (non-hydrogen) atoms. The minimum Gasteiger partial charge on any atom is -0.248 e. The largest absolute Gasteiger partial charge is 0.248 e. The van der Waals surface area contributed by atoms with Gasteiger partial charge in [0.1, 0.15) is 0 Å². The van der Waals surface area contributed by atoms with Gasteiger partial charge in [-0.3, -0.25) is 0 Å². The molecule has 3 aliphatic rings. The fraction of sp³-hybridized carbons (Fsp3) is 0.0441. The Morgan fingerprint density at radius 1 is 0.362 bits per heavy atom. The zero-order valence-electron chi connectivity index (χ0n) is 37.7. The first-order valence-corrected chi connectivity index (χ1v) is 23.2. The summed E-state index contributed by atoms with van der Waals surface area (Å²) in [5, 5.41) is 0. The molecule has 0 N–H and O–H groups in total. The van der Waals surface area contributed by atoms with Gasteiger partial charge in [0.15, 0.2) is 0 Å². The Hall–Kier alpha value is -9.37. The molecule has 0 aliphatic heterocycles. The Morgan fingerprint density at radius 2 is 0.812 bits per heavy atom. The van der Waals surface area contributed by atoms with Crippen LogP contribution in [0.1, 0.15) is 68.5 Å². The smallest absolute Gasteiger partial charge is 0.0715 e. The van der Waals surface area contributed by atoms with Crippen molar-refractivity contribution in [3.8, 4) is 116 Å².